The second kappa shape index (κ2) is 7.60. The first kappa shape index (κ1) is 17.8. The van der Waals surface area contributed by atoms with Crippen LogP contribution >= 0.6 is 0 Å². The minimum atomic E-state index is 0.443. The van der Waals surface area contributed by atoms with Gasteiger partial charge >= 0.3 is 0 Å². The Morgan fingerprint density at radius 1 is 1.03 bits per heavy atom. The smallest absolute Gasteiger partial charge is 0.129 e. The van der Waals surface area contributed by atoms with E-state index in [4.69, 9.17) is 9.47 Å². The van der Waals surface area contributed by atoms with Crippen LogP contribution in [0.4, 0.5) is 0 Å². The van der Waals surface area contributed by atoms with E-state index >= 15 is 0 Å². The molecule has 5 rings (SSSR count). The third kappa shape index (κ3) is 3.69. The molecule has 0 saturated heterocycles. The number of ether oxygens (including phenoxy) is 2. The van der Waals surface area contributed by atoms with Crippen molar-refractivity contribution in [1.29, 1.82) is 0 Å². The highest BCUT2D eigenvalue weighted by Crippen LogP contribution is 2.30. The van der Waals surface area contributed by atoms with Crippen molar-refractivity contribution in [3.63, 3.8) is 0 Å². The van der Waals surface area contributed by atoms with Crippen LogP contribution in [-0.2, 0) is 19.4 Å². The maximum absolute atomic E-state index is 5.97. The summed E-state index contributed by atoms with van der Waals surface area (Å²) in [6.07, 6.45) is 3.75. The molecule has 29 heavy (non-hydrogen) atoms. The van der Waals surface area contributed by atoms with Gasteiger partial charge in [0.05, 0.1) is 24.5 Å². The number of fused-ring (bicyclic) bond motifs is 2. The number of H-pyrrole nitrogens is 1. The lowest BCUT2D eigenvalue weighted by atomic mass is 10.1. The highest BCUT2D eigenvalue weighted by molar-refractivity contribution is 5.76. The minimum absolute atomic E-state index is 0.443. The fraction of sp³-hybridized carbons (Fsp3) is 0.208. The highest BCUT2D eigenvalue weighted by atomic mass is 16.5. The van der Waals surface area contributed by atoms with E-state index in [-0.39, 0.29) is 0 Å². The van der Waals surface area contributed by atoms with E-state index in [1.54, 1.807) is 13.4 Å². The SMILES string of the molecule is COc1cccc2c1CC(NCc1ccc(Oc3ccc4nc[nH]c4c3)cc1)C2. The predicted octanol–water partition coefficient (Wildman–Crippen LogP) is 4.62. The molecular weight excluding hydrogens is 362 g/mol. The quantitative estimate of drug-likeness (QED) is 0.508. The summed E-state index contributed by atoms with van der Waals surface area (Å²) >= 11 is 0. The van der Waals surface area contributed by atoms with Crippen LogP contribution in [0.3, 0.4) is 0 Å². The lowest BCUT2D eigenvalue weighted by Crippen LogP contribution is -2.28. The van der Waals surface area contributed by atoms with E-state index in [9.17, 15) is 0 Å². The minimum Gasteiger partial charge on any atom is -0.496 e. The molecule has 2 N–H and O–H groups in total. The number of aromatic amines is 1. The van der Waals surface area contributed by atoms with Gasteiger partial charge in [-0.2, -0.15) is 0 Å². The number of nitrogens with one attached hydrogen (secondary N) is 2. The van der Waals surface area contributed by atoms with Gasteiger partial charge < -0.3 is 19.8 Å². The molecule has 1 atom stereocenters. The Hall–Kier alpha value is -3.31. The molecule has 1 aliphatic rings. The van der Waals surface area contributed by atoms with Gasteiger partial charge in [0.2, 0.25) is 0 Å². The maximum atomic E-state index is 5.97. The predicted molar refractivity (Wildman–Crippen MR) is 114 cm³/mol. The second-order valence-corrected chi connectivity index (χ2v) is 7.41. The Balaban J connectivity index is 1.19. The normalized spacial score (nSPS) is 15.4. The highest BCUT2D eigenvalue weighted by Gasteiger charge is 2.23. The summed E-state index contributed by atoms with van der Waals surface area (Å²) < 4.78 is 11.5. The van der Waals surface area contributed by atoms with Gasteiger partial charge in [0.15, 0.2) is 0 Å². The molecule has 5 heteroatoms. The first-order valence-electron chi connectivity index (χ1n) is 9.86. The molecule has 1 unspecified atom stereocenters. The standard InChI is InChI=1S/C24H23N3O2/c1-28-24-4-2-3-17-11-18(12-21(17)24)25-14-16-5-7-19(8-6-16)29-20-9-10-22-23(13-20)27-15-26-22/h2-10,13,15,18,25H,11-12,14H2,1H3,(H,26,27). The zero-order valence-electron chi connectivity index (χ0n) is 16.3. The Morgan fingerprint density at radius 2 is 1.90 bits per heavy atom. The molecular formula is C24H23N3O2. The topological polar surface area (TPSA) is 59.2 Å². The second-order valence-electron chi connectivity index (χ2n) is 7.41. The van der Waals surface area contributed by atoms with Crippen LogP contribution in [0.1, 0.15) is 16.7 Å². The lowest BCUT2D eigenvalue weighted by molar-refractivity contribution is 0.408. The van der Waals surface area contributed by atoms with Crippen molar-refractivity contribution in [3.8, 4) is 17.2 Å². The summed E-state index contributed by atoms with van der Waals surface area (Å²) in [4.78, 5) is 7.33. The number of hydrogen-bond donors (Lipinski definition) is 2. The molecule has 4 aromatic rings. The summed E-state index contributed by atoms with van der Waals surface area (Å²) in [7, 11) is 1.74. The average Bonchev–Trinajstić information content (AvgIpc) is 3.39. The zero-order valence-corrected chi connectivity index (χ0v) is 16.3. The van der Waals surface area contributed by atoms with Crippen LogP contribution in [0, 0.1) is 0 Å². The maximum Gasteiger partial charge on any atom is 0.129 e. The van der Waals surface area contributed by atoms with E-state index in [0.717, 1.165) is 47.7 Å². The van der Waals surface area contributed by atoms with E-state index in [1.165, 1.54) is 16.7 Å². The number of methoxy groups -OCH3 is 1. The molecule has 0 amide bonds. The Bertz CT molecular complexity index is 1130. The fourth-order valence-corrected chi connectivity index (χ4v) is 4.01. The molecule has 0 aliphatic heterocycles. The van der Waals surface area contributed by atoms with Crippen molar-refractivity contribution in [2.75, 3.05) is 7.11 Å². The molecule has 0 saturated carbocycles. The Labute approximate surface area is 169 Å². The summed E-state index contributed by atoms with van der Waals surface area (Å²) in [6.45, 7) is 0.835. The molecule has 0 spiro atoms. The van der Waals surface area contributed by atoms with Gasteiger partial charge in [-0.05, 0) is 59.9 Å². The van der Waals surface area contributed by atoms with Gasteiger partial charge in [-0.3, -0.25) is 0 Å². The number of nitrogens with zero attached hydrogens (tertiary/aromatic N) is 1. The van der Waals surface area contributed by atoms with Crippen molar-refractivity contribution >= 4 is 11.0 Å². The largest absolute Gasteiger partial charge is 0.496 e. The molecule has 5 nitrogen and oxygen atoms in total. The first-order valence-corrected chi connectivity index (χ1v) is 9.86. The number of rotatable bonds is 6. The van der Waals surface area contributed by atoms with Gasteiger partial charge in [0.25, 0.3) is 0 Å². The van der Waals surface area contributed by atoms with Crippen molar-refractivity contribution in [3.05, 3.63) is 83.7 Å². The fourth-order valence-electron chi connectivity index (χ4n) is 4.01. The molecule has 1 aromatic heterocycles. The lowest BCUT2D eigenvalue weighted by Gasteiger charge is -2.13. The van der Waals surface area contributed by atoms with Crippen molar-refractivity contribution in [2.45, 2.75) is 25.4 Å². The van der Waals surface area contributed by atoms with Crippen LogP contribution in [0.25, 0.3) is 11.0 Å². The van der Waals surface area contributed by atoms with Crippen LogP contribution < -0.4 is 14.8 Å². The molecule has 3 aromatic carbocycles. The first-order chi connectivity index (χ1) is 14.3. The van der Waals surface area contributed by atoms with Gasteiger partial charge in [0.1, 0.15) is 17.2 Å². The number of hydrogen-bond acceptors (Lipinski definition) is 4. The van der Waals surface area contributed by atoms with Crippen molar-refractivity contribution < 1.29 is 9.47 Å². The third-order valence-electron chi connectivity index (χ3n) is 5.51. The van der Waals surface area contributed by atoms with Crippen molar-refractivity contribution in [2.24, 2.45) is 0 Å². The van der Waals surface area contributed by atoms with Crippen LogP contribution in [0.2, 0.25) is 0 Å². The molecule has 0 fully saturated rings. The Kier molecular flexibility index (Phi) is 4.66. The number of aromatic nitrogens is 2. The summed E-state index contributed by atoms with van der Waals surface area (Å²) in [5.74, 6) is 2.62. The number of benzene rings is 3. The van der Waals surface area contributed by atoms with E-state index in [1.807, 2.05) is 36.4 Å². The van der Waals surface area contributed by atoms with E-state index in [2.05, 4.69) is 39.6 Å². The molecule has 0 bridgehead atoms. The molecule has 146 valence electrons. The molecule has 0 radical (unpaired) electrons. The zero-order chi connectivity index (χ0) is 19.6. The van der Waals surface area contributed by atoms with Gasteiger partial charge in [-0.15, -0.1) is 0 Å². The van der Waals surface area contributed by atoms with Gasteiger partial charge in [-0.25, -0.2) is 4.98 Å². The summed E-state index contributed by atoms with van der Waals surface area (Å²) in [5.41, 5.74) is 5.87. The van der Waals surface area contributed by atoms with Gasteiger partial charge in [0, 0.05) is 18.7 Å². The number of imidazole rings is 1. The Morgan fingerprint density at radius 3 is 2.76 bits per heavy atom. The van der Waals surface area contributed by atoms with Crippen LogP contribution in [0.15, 0.2) is 67.0 Å². The van der Waals surface area contributed by atoms with E-state index in [0.29, 0.717) is 6.04 Å². The van der Waals surface area contributed by atoms with Crippen LogP contribution in [0.5, 0.6) is 17.2 Å². The van der Waals surface area contributed by atoms with Crippen LogP contribution in [-0.4, -0.2) is 23.1 Å². The summed E-state index contributed by atoms with van der Waals surface area (Å²) in [6, 6.07) is 20.9. The average molecular weight is 385 g/mol. The molecule has 1 heterocycles. The third-order valence-corrected chi connectivity index (χ3v) is 5.51. The van der Waals surface area contributed by atoms with Gasteiger partial charge in [-0.1, -0.05) is 24.3 Å². The monoisotopic (exact) mass is 385 g/mol. The van der Waals surface area contributed by atoms with E-state index < -0.39 is 0 Å². The molecule has 1 aliphatic carbocycles. The summed E-state index contributed by atoms with van der Waals surface area (Å²) in [5, 5.41) is 3.68. The van der Waals surface area contributed by atoms with Crippen molar-refractivity contribution in [1.82, 2.24) is 15.3 Å².